The van der Waals surface area contributed by atoms with E-state index in [1.807, 2.05) is 6.07 Å². The number of halogens is 3. The van der Waals surface area contributed by atoms with Gasteiger partial charge in [0.25, 0.3) is 0 Å². The van der Waals surface area contributed by atoms with Gasteiger partial charge in [0.15, 0.2) is 0 Å². The Balaban J connectivity index is 1.26. The highest BCUT2D eigenvalue weighted by Gasteiger charge is 2.30. The zero-order chi connectivity index (χ0) is 22.1. The normalized spacial score (nSPS) is 15.0. The van der Waals surface area contributed by atoms with Gasteiger partial charge in [-0.1, -0.05) is 24.3 Å². The van der Waals surface area contributed by atoms with Crippen molar-refractivity contribution in [3.63, 3.8) is 0 Å². The van der Waals surface area contributed by atoms with Crippen LogP contribution in [0, 0.1) is 0 Å². The van der Waals surface area contributed by atoms with Crippen LogP contribution in [0.3, 0.4) is 0 Å². The molecule has 1 aliphatic heterocycles. The van der Waals surface area contributed by atoms with Crippen LogP contribution in [0.15, 0.2) is 54.6 Å². The number of nitrogens with one attached hydrogen (secondary N) is 2. The van der Waals surface area contributed by atoms with E-state index in [2.05, 4.69) is 44.7 Å². The van der Waals surface area contributed by atoms with E-state index in [1.54, 1.807) is 0 Å². The summed E-state index contributed by atoms with van der Waals surface area (Å²) in [5.41, 5.74) is 0.811. The summed E-state index contributed by atoms with van der Waals surface area (Å²) in [6.45, 7) is 5.60. The zero-order valence-electron chi connectivity index (χ0n) is 17.5. The number of carbonyl (C=O) groups is 1. The fourth-order valence-corrected chi connectivity index (χ4v) is 3.61. The molecule has 31 heavy (non-hydrogen) atoms. The van der Waals surface area contributed by atoms with E-state index in [1.165, 1.54) is 17.8 Å². The summed E-state index contributed by atoms with van der Waals surface area (Å²) >= 11 is 0. The highest BCUT2D eigenvalue weighted by atomic mass is 19.4. The Labute approximate surface area is 181 Å². The Kier molecular flexibility index (Phi) is 8.17. The Hall–Kier alpha value is -2.74. The molecular weight excluding hydrogens is 405 g/mol. The van der Waals surface area contributed by atoms with Gasteiger partial charge in [0.1, 0.15) is 0 Å². The van der Waals surface area contributed by atoms with E-state index in [0.29, 0.717) is 6.54 Å². The first-order valence-electron chi connectivity index (χ1n) is 10.6. The Morgan fingerprint density at radius 1 is 0.935 bits per heavy atom. The summed E-state index contributed by atoms with van der Waals surface area (Å²) < 4.78 is 38.2. The van der Waals surface area contributed by atoms with Crippen LogP contribution >= 0.6 is 0 Å². The molecule has 0 radical (unpaired) electrons. The molecule has 0 bridgehead atoms. The standard InChI is InChI=1S/C23H29F3N4O/c24-23(25,26)19-7-6-8-20(17-19)28-18-22(31)27-11-4-5-12-29-13-15-30(16-14-29)21-9-2-1-3-10-21/h1-3,6-10,17,28H,4-5,11-16,18H2,(H,27,31). The second-order valence-corrected chi connectivity index (χ2v) is 7.65. The molecule has 2 N–H and O–H groups in total. The summed E-state index contributed by atoms with van der Waals surface area (Å²) in [7, 11) is 0. The number of para-hydroxylation sites is 1. The van der Waals surface area contributed by atoms with Crippen molar-refractivity contribution in [1.29, 1.82) is 0 Å². The third-order valence-electron chi connectivity index (χ3n) is 5.36. The summed E-state index contributed by atoms with van der Waals surface area (Å²) in [5, 5.41) is 5.56. The third kappa shape index (κ3) is 7.47. The lowest BCUT2D eigenvalue weighted by molar-refractivity contribution is -0.137. The number of benzene rings is 2. The highest BCUT2D eigenvalue weighted by Crippen LogP contribution is 2.30. The van der Waals surface area contributed by atoms with Gasteiger partial charge in [-0.15, -0.1) is 0 Å². The molecule has 1 fully saturated rings. The average Bonchev–Trinajstić information content (AvgIpc) is 2.78. The van der Waals surface area contributed by atoms with Gasteiger partial charge in [0.2, 0.25) is 5.91 Å². The van der Waals surface area contributed by atoms with Gasteiger partial charge in [-0.3, -0.25) is 9.69 Å². The van der Waals surface area contributed by atoms with E-state index < -0.39 is 11.7 Å². The van der Waals surface area contributed by atoms with Crippen molar-refractivity contribution in [1.82, 2.24) is 10.2 Å². The maximum atomic E-state index is 12.7. The number of alkyl halides is 3. The van der Waals surface area contributed by atoms with E-state index in [-0.39, 0.29) is 18.1 Å². The highest BCUT2D eigenvalue weighted by molar-refractivity contribution is 5.80. The molecule has 0 aromatic heterocycles. The monoisotopic (exact) mass is 434 g/mol. The summed E-state index contributed by atoms with van der Waals surface area (Å²) in [6.07, 6.45) is -2.53. The van der Waals surface area contributed by atoms with Crippen LogP contribution in [0.5, 0.6) is 0 Å². The molecule has 3 rings (SSSR count). The summed E-state index contributed by atoms with van der Waals surface area (Å²) in [5.74, 6) is -0.228. The fourth-order valence-electron chi connectivity index (χ4n) is 3.61. The second kappa shape index (κ2) is 11.0. The minimum Gasteiger partial charge on any atom is -0.376 e. The number of hydrogen-bond donors (Lipinski definition) is 2. The van der Waals surface area contributed by atoms with E-state index in [9.17, 15) is 18.0 Å². The largest absolute Gasteiger partial charge is 0.416 e. The quantitative estimate of drug-likeness (QED) is 0.589. The van der Waals surface area contributed by atoms with Crippen LogP contribution in [-0.4, -0.2) is 56.6 Å². The molecule has 0 atom stereocenters. The molecule has 5 nitrogen and oxygen atoms in total. The fraction of sp³-hybridized carbons (Fsp3) is 0.435. The van der Waals surface area contributed by atoms with Crippen LogP contribution in [-0.2, 0) is 11.0 Å². The molecule has 0 saturated carbocycles. The SMILES string of the molecule is O=C(CNc1cccc(C(F)(F)F)c1)NCCCCN1CCN(c2ccccc2)CC1. The van der Waals surface area contributed by atoms with Crippen molar-refractivity contribution in [2.75, 3.05) is 56.0 Å². The molecule has 168 valence electrons. The predicted octanol–water partition coefficient (Wildman–Crippen LogP) is 3.84. The van der Waals surface area contributed by atoms with Gasteiger partial charge in [0.05, 0.1) is 12.1 Å². The smallest absolute Gasteiger partial charge is 0.376 e. The Bertz CT molecular complexity index is 821. The number of amides is 1. The zero-order valence-corrected chi connectivity index (χ0v) is 17.5. The number of piperazine rings is 1. The molecule has 0 unspecified atom stereocenters. The molecule has 0 aliphatic carbocycles. The van der Waals surface area contributed by atoms with E-state index in [0.717, 1.165) is 57.7 Å². The van der Waals surface area contributed by atoms with Crippen molar-refractivity contribution < 1.29 is 18.0 Å². The van der Waals surface area contributed by atoms with Crippen molar-refractivity contribution in [3.05, 3.63) is 60.2 Å². The van der Waals surface area contributed by atoms with Gasteiger partial charge in [-0.2, -0.15) is 13.2 Å². The number of unbranched alkanes of at least 4 members (excludes halogenated alkanes) is 1. The van der Waals surface area contributed by atoms with Crippen LogP contribution in [0.2, 0.25) is 0 Å². The lowest BCUT2D eigenvalue weighted by Crippen LogP contribution is -2.46. The average molecular weight is 435 g/mol. The first-order valence-corrected chi connectivity index (χ1v) is 10.6. The first-order chi connectivity index (χ1) is 14.9. The van der Waals surface area contributed by atoms with Crippen LogP contribution in [0.1, 0.15) is 18.4 Å². The second-order valence-electron chi connectivity index (χ2n) is 7.65. The molecule has 1 heterocycles. The lowest BCUT2D eigenvalue weighted by atomic mass is 10.2. The number of carbonyl (C=O) groups excluding carboxylic acids is 1. The topological polar surface area (TPSA) is 47.6 Å². The lowest BCUT2D eigenvalue weighted by Gasteiger charge is -2.36. The molecule has 2 aromatic rings. The van der Waals surface area contributed by atoms with E-state index >= 15 is 0 Å². The van der Waals surface area contributed by atoms with Gasteiger partial charge < -0.3 is 15.5 Å². The van der Waals surface area contributed by atoms with E-state index in [4.69, 9.17) is 0 Å². The van der Waals surface area contributed by atoms with Gasteiger partial charge >= 0.3 is 6.18 Å². The van der Waals surface area contributed by atoms with Crippen molar-refractivity contribution in [3.8, 4) is 0 Å². The number of rotatable bonds is 9. The molecule has 2 aromatic carbocycles. The third-order valence-corrected chi connectivity index (χ3v) is 5.36. The van der Waals surface area contributed by atoms with Crippen molar-refractivity contribution >= 4 is 17.3 Å². The molecule has 1 amide bonds. The molecule has 1 aliphatic rings. The van der Waals surface area contributed by atoms with Crippen LogP contribution in [0.25, 0.3) is 0 Å². The van der Waals surface area contributed by atoms with Crippen LogP contribution in [0.4, 0.5) is 24.5 Å². The Morgan fingerprint density at radius 3 is 2.39 bits per heavy atom. The minimum atomic E-state index is -4.39. The minimum absolute atomic E-state index is 0.0528. The molecule has 8 heteroatoms. The van der Waals surface area contributed by atoms with Crippen molar-refractivity contribution in [2.45, 2.75) is 19.0 Å². The summed E-state index contributed by atoms with van der Waals surface area (Å²) in [4.78, 5) is 16.8. The number of hydrogen-bond acceptors (Lipinski definition) is 4. The molecular formula is C23H29F3N4O. The van der Waals surface area contributed by atoms with Crippen LogP contribution < -0.4 is 15.5 Å². The Morgan fingerprint density at radius 2 is 1.68 bits per heavy atom. The first kappa shape index (κ1) is 22.9. The molecule has 1 saturated heterocycles. The summed E-state index contributed by atoms with van der Waals surface area (Å²) in [6, 6.07) is 15.3. The van der Waals surface area contributed by atoms with Gasteiger partial charge in [-0.05, 0) is 49.7 Å². The number of anilines is 2. The van der Waals surface area contributed by atoms with Gasteiger partial charge in [0, 0.05) is 44.1 Å². The maximum absolute atomic E-state index is 12.7. The van der Waals surface area contributed by atoms with Gasteiger partial charge in [-0.25, -0.2) is 0 Å². The maximum Gasteiger partial charge on any atom is 0.416 e. The predicted molar refractivity (Wildman–Crippen MR) is 117 cm³/mol. The molecule has 0 spiro atoms. The number of nitrogens with zero attached hydrogens (tertiary/aromatic N) is 2. The van der Waals surface area contributed by atoms with Crippen molar-refractivity contribution in [2.24, 2.45) is 0 Å².